The van der Waals surface area contributed by atoms with Crippen LogP contribution in [0.3, 0.4) is 0 Å². The van der Waals surface area contributed by atoms with E-state index in [4.69, 9.17) is 10.8 Å². The van der Waals surface area contributed by atoms with Gasteiger partial charge in [0.05, 0.1) is 12.1 Å². The molecule has 0 fully saturated rings. The third-order valence-corrected chi connectivity index (χ3v) is 2.82. The first-order chi connectivity index (χ1) is 8.90. The molecule has 0 bridgehead atoms. The van der Waals surface area contributed by atoms with Gasteiger partial charge in [0, 0.05) is 4.47 Å². The summed E-state index contributed by atoms with van der Waals surface area (Å²) < 4.78 is 0.645. The maximum Gasteiger partial charge on any atom is 0.326 e. The predicted octanol–water partition coefficient (Wildman–Crippen LogP) is 0.899. The number of amides is 3. The molecule has 0 radical (unpaired) electrons. The van der Waals surface area contributed by atoms with E-state index in [1.54, 1.807) is 24.3 Å². The lowest BCUT2D eigenvalue weighted by Gasteiger charge is -2.14. The second-order valence-corrected chi connectivity index (χ2v) is 4.49. The van der Waals surface area contributed by atoms with E-state index >= 15 is 0 Å². The maximum absolute atomic E-state index is 11.6. The van der Waals surface area contributed by atoms with E-state index in [-0.39, 0.29) is 0 Å². The molecule has 0 saturated heterocycles. The molecule has 8 heteroatoms. The van der Waals surface area contributed by atoms with Gasteiger partial charge in [-0.05, 0) is 28.1 Å². The van der Waals surface area contributed by atoms with E-state index in [1.807, 2.05) is 0 Å². The van der Waals surface area contributed by atoms with E-state index in [2.05, 4.69) is 26.6 Å². The number of nitrogens with two attached hydrogens (primary N) is 1. The quantitative estimate of drug-likeness (QED) is 0.641. The molecule has 0 unspecified atom stereocenters. The van der Waals surface area contributed by atoms with E-state index in [1.165, 1.54) is 0 Å². The Morgan fingerprint density at radius 3 is 2.47 bits per heavy atom. The van der Waals surface area contributed by atoms with Gasteiger partial charge in [0.15, 0.2) is 0 Å². The highest BCUT2D eigenvalue weighted by atomic mass is 79.9. The molecule has 19 heavy (non-hydrogen) atoms. The van der Waals surface area contributed by atoms with Crippen LogP contribution in [0, 0.1) is 0 Å². The molecule has 3 amide bonds. The van der Waals surface area contributed by atoms with Crippen molar-refractivity contribution in [3.63, 3.8) is 0 Å². The van der Waals surface area contributed by atoms with Gasteiger partial charge in [-0.2, -0.15) is 0 Å². The Kier molecular flexibility index (Phi) is 5.31. The molecule has 0 heterocycles. The van der Waals surface area contributed by atoms with Crippen LogP contribution in [0.2, 0.25) is 0 Å². The van der Waals surface area contributed by atoms with Gasteiger partial charge < -0.3 is 21.5 Å². The van der Waals surface area contributed by atoms with Gasteiger partial charge in [-0.25, -0.2) is 9.59 Å². The van der Waals surface area contributed by atoms with Crippen molar-refractivity contribution in [2.24, 2.45) is 5.73 Å². The highest BCUT2D eigenvalue weighted by Crippen LogP contribution is 2.20. The Bertz CT molecular complexity index is 506. The number of urea groups is 1. The molecule has 0 aliphatic carbocycles. The van der Waals surface area contributed by atoms with Gasteiger partial charge in [0.25, 0.3) is 0 Å². The Morgan fingerprint density at radius 1 is 1.32 bits per heavy atom. The number of carbonyl (C=O) groups is 3. The van der Waals surface area contributed by atoms with Gasteiger partial charge in [0.1, 0.15) is 6.04 Å². The number of primary amides is 1. The van der Waals surface area contributed by atoms with Crippen molar-refractivity contribution in [2.75, 3.05) is 5.32 Å². The standard InChI is InChI=1S/C11H12BrN3O4/c12-6-3-1-2-4-7(6)14-11(19)15-8(10(17)18)5-9(13)16/h1-4,8H,5H2,(H2,13,16)(H,17,18)(H2,14,15,19)/t8-/m1/s1. The topological polar surface area (TPSA) is 122 Å². The minimum absolute atomic E-state index is 0.473. The zero-order valence-electron chi connectivity index (χ0n) is 9.72. The molecular weight excluding hydrogens is 318 g/mol. The number of rotatable bonds is 5. The van der Waals surface area contributed by atoms with Crippen molar-refractivity contribution < 1.29 is 19.5 Å². The highest BCUT2D eigenvalue weighted by molar-refractivity contribution is 9.10. The average Bonchev–Trinajstić information content (AvgIpc) is 2.30. The maximum atomic E-state index is 11.6. The predicted molar refractivity (Wildman–Crippen MR) is 71.5 cm³/mol. The van der Waals surface area contributed by atoms with Crippen LogP contribution in [0.25, 0.3) is 0 Å². The molecule has 7 nitrogen and oxygen atoms in total. The fourth-order valence-corrected chi connectivity index (χ4v) is 1.66. The van der Waals surface area contributed by atoms with Crippen molar-refractivity contribution in [3.05, 3.63) is 28.7 Å². The Balaban J connectivity index is 2.65. The Labute approximate surface area is 117 Å². The third kappa shape index (κ3) is 4.96. The molecule has 102 valence electrons. The number of carbonyl (C=O) groups excluding carboxylic acids is 2. The van der Waals surface area contributed by atoms with E-state index < -0.39 is 30.4 Å². The third-order valence-electron chi connectivity index (χ3n) is 2.13. The summed E-state index contributed by atoms with van der Waals surface area (Å²) in [5.41, 5.74) is 5.38. The number of hydrogen-bond donors (Lipinski definition) is 4. The molecule has 1 rings (SSSR count). The van der Waals surface area contributed by atoms with Crippen LogP contribution in [0.5, 0.6) is 0 Å². The smallest absolute Gasteiger partial charge is 0.326 e. The van der Waals surface area contributed by atoms with Gasteiger partial charge >= 0.3 is 12.0 Å². The van der Waals surface area contributed by atoms with Crippen LogP contribution in [0.1, 0.15) is 6.42 Å². The van der Waals surface area contributed by atoms with Gasteiger partial charge in [-0.3, -0.25) is 4.79 Å². The zero-order chi connectivity index (χ0) is 14.4. The van der Waals surface area contributed by atoms with Gasteiger partial charge in [-0.15, -0.1) is 0 Å². The molecular formula is C11H12BrN3O4. The van der Waals surface area contributed by atoms with Crippen LogP contribution < -0.4 is 16.4 Å². The molecule has 1 atom stereocenters. The average molecular weight is 330 g/mol. The summed E-state index contributed by atoms with van der Waals surface area (Å²) in [4.78, 5) is 33.1. The first-order valence-electron chi connectivity index (χ1n) is 5.23. The molecule has 0 saturated carbocycles. The van der Waals surface area contributed by atoms with E-state index in [9.17, 15) is 14.4 Å². The summed E-state index contributed by atoms with van der Waals surface area (Å²) in [5, 5.41) is 13.4. The SMILES string of the molecule is NC(=O)C[C@@H](NC(=O)Nc1ccccc1Br)C(=O)O. The van der Waals surface area contributed by atoms with Gasteiger partial charge in [-0.1, -0.05) is 12.1 Å². The number of carboxylic acid groups (broad SMARTS) is 1. The lowest BCUT2D eigenvalue weighted by atomic mass is 10.2. The second kappa shape index (κ2) is 6.74. The molecule has 0 aliphatic heterocycles. The van der Waals surface area contributed by atoms with Crippen molar-refractivity contribution in [3.8, 4) is 0 Å². The number of para-hydroxylation sites is 1. The van der Waals surface area contributed by atoms with E-state index in [0.29, 0.717) is 10.2 Å². The minimum Gasteiger partial charge on any atom is -0.480 e. The highest BCUT2D eigenvalue weighted by Gasteiger charge is 2.22. The van der Waals surface area contributed by atoms with Crippen molar-refractivity contribution in [1.82, 2.24) is 5.32 Å². The molecule has 1 aromatic carbocycles. The summed E-state index contributed by atoms with van der Waals surface area (Å²) in [7, 11) is 0. The summed E-state index contributed by atoms with van der Waals surface area (Å²) in [6.45, 7) is 0. The second-order valence-electron chi connectivity index (χ2n) is 3.64. The zero-order valence-corrected chi connectivity index (χ0v) is 11.3. The Hall–Kier alpha value is -2.09. The molecule has 1 aromatic rings. The first-order valence-corrected chi connectivity index (χ1v) is 6.02. The number of hydrogen-bond acceptors (Lipinski definition) is 3. The summed E-state index contributed by atoms with van der Waals surface area (Å²) in [6.07, 6.45) is -0.473. The van der Waals surface area contributed by atoms with Crippen molar-refractivity contribution in [2.45, 2.75) is 12.5 Å². The normalized spacial score (nSPS) is 11.4. The number of benzene rings is 1. The van der Waals surface area contributed by atoms with Crippen LogP contribution in [-0.2, 0) is 9.59 Å². The van der Waals surface area contributed by atoms with Crippen LogP contribution in [0.15, 0.2) is 28.7 Å². The van der Waals surface area contributed by atoms with Crippen molar-refractivity contribution >= 4 is 39.5 Å². The lowest BCUT2D eigenvalue weighted by molar-refractivity contribution is -0.140. The molecule has 0 aliphatic rings. The fraction of sp³-hybridized carbons (Fsp3) is 0.182. The van der Waals surface area contributed by atoms with Crippen LogP contribution in [-0.4, -0.2) is 29.1 Å². The molecule has 0 spiro atoms. The van der Waals surface area contributed by atoms with E-state index in [0.717, 1.165) is 0 Å². The van der Waals surface area contributed by atoms with Crippen LogP contribution in [0.4, 0.5) is 10.5 Å². The summed E-state index contributed by atoms with van der Waals surface area (Å²) in [5.74, 6) is -2.14. The molecule has 0 aromatic heterocycles. The van der Waals surface area contributed by atoms with Crippen molar-refractivity contribution in [1.29, 1.82) is 0 Å². The van der Waals surface area contributed by atoms with Crippen LogP contribution >= 0.6 is 15.9 Å². The summed E-state index contributed by atoms with van der Waals surface area (Å²) in [6, 6.07) is 4.72. The van der Waals surface area contributed by atoms with Gasteiger partial charge in [0.2, 0.25) is 5.91 Å². The Morgan fingerprint density at radius 2 is 1.95 bits per heavy atom. The molecule has 5 N–H and O–H groups in total. The largest absolute Gasteiger partial charge is 0.480 e. The lowest BCUT2D eigenvalue weighted by Crippen LogP contribution is -2.45. The number of anilines is 1. The number of aliphatic carboxylic acids is 1. The summed E-state index contributed by atoms with van der Waals surface area (Å²) >= 11 is 3.23. The fourth-order valence-electron chi connectivity index (χ4n) is 1.28. The number of carboxylic acids is 1. The minimum atomic E-state index is -1.36. The first kappa shape index (κ1) is 15.0. The number of halogens is 1. The monoisotopic (exact) mass is 329 g/mol. The number of nitrogens with one attached hydrogen (secondary N) is 2.